The van der Waals surface area contributed by atoms with E-state index in [0.29, 0.717) is 24.4 Å². The van der Waals surface area contributed by atoms with E-state index in [9.17, 15) is 9.59 Å². The first kappa shape index (κ1) is 22.4. The molecule has 2 N–H and O–H groups in total. The van der Waals surface area contributed by atoms with Crippen molar-refractivity contribution in [1.82, 2.24) is 15.5 Å². The lowest BCUT2D eigenvalue weighted by atomic mass is 10.0. The van der Waals surface area contributed by atoms with Crippen molar-refractivity contribution in [2.24, 2.45) is 5.92 Å². The highest BCUT2D eigenvalue weighted by atomic mass is 35.5. The number of rotatable bonds is 8. The fourth-order valence-corrected chi connectivity index (χ4v) is 2.41. The standard InChI is InChI=1S/C18H29N3O2.ClH/c1-13(2)12-16(18(23)21(5)11-10-19-4)20-17(22)15-9-7-6-8-14(15)3;/h6-9,13,16,19H,10-12H2,1-5H3,(H,20,22);1H. The molecule has 0 aromatic heterocycles. The molecule has 0 aliphatic rings. The van der Waals surface area contributed by atoms with E-state index in [-0.39, 0.29) is 24.2 Å². The molecule has 0 saturated heterocycles. The summed E-state index contributed by atoms with van der Waals surface area (Å²) >= 11 is 0. The monoisotopic (exact) mass is 355 g/mol. The van der Waals surface area contributed by atoms with Gasteiger partial charge < -0.3 is 15.5 Å². The van der Waals surface area contributed by atoms with Crippen molar-refractivity contribution >= 4 is 24.2 Å². The van der Waals surface area contributed by atoms with Crippen molar-refractivity contribution in [3.63, 3.8) is 0 Å². The first-order valence-electron chi connectivity index (χ1n) is 8.12. The topological polar surface area (TPSA) is 61.4 Å². The van der Waals surface area contributed by atoms with Gasteiger partial charge in [0.15, 0.2) is 0 Å². The highest BCUT2D eigenvalue weighted by Gasteiger charge is 2.25. The maximum atomic E-state index is 12.6. The zero-order valence-corrected chi connectivity index (χ0v) is 16.1. The van der Waals surface area contributed by atoms with Gasteiger partial charge in [-0.2, -0.15) is 0 Å². The SMILES string of the molecule is CNCCN(C)C(=O)C(CC(C)C)NC(=O)c1ccccc1C.Cl. The van der Waals surface area contributed by atoms with Crippen LogP contribution in [0.15, 0.2) is 24.3 Å². The summed E-state index contributed by atoms with van der Waals surface area (Å²) in [4.78, 5) is 26.8. The second-order valence-electron chi connectivity index (χ2n) is 6.33. The summed E-state index contributed by atoms with van der Waals surface area (Å²) < 4.78 is 0. The van der Waals surface area contributed by atoms with Crippen LogP contribution in [0.1, 0.15) is 36.2 Å². The van der Waals surface area contributed by atoms with Crippen LogP contribution in [0.2, 0.25) is 0 Å². The molecule has 1 aromatic carbocycles. The van der Waals surface area contributed by atoms with E-state index in [0.717, 1.165) is 12.1 Å². The zero-order chi connectivity index (χ0) is 17.4. The summed E-state index contributed by atoms with van der Waals surface area (Å²) in [6.07, 6.45) is 0.625. The maximum absolute atomic E-state index is 12.6. The van der Waals surface area contributed by atoms with E-state index in [4.69, 9.17) is 0 Å². The van der Waals surface area contributed by atoms with Crippen LogP contribution in [0.25, 0.3) is 0 Å². The molecule has 2 amide bonds. The fourth-order valence-electron chi connectivity index (χ4n) is 2.41. The molecule has 0 saturated carbocycles. The zero-order valence-electron chi connectivity index (χ0n) is 15.3. The molecule has 1 atom stereocenters. The number of likely N-dealkylation sites (N-methyl/N-ethyl adjacent to an activating group) is 2. The Morgan fingerprint density at radius 1 is 1.21 bits per heavy atom. The number of benzene rings is 1. The highest BCUT2D eigenvalue weighted by Crippen LogP contribution is 2.11. The number of hydrogen-bond donors (Lipinski definition) is 2. The number of nitrogens with one attached hydrogen (secondary N) is 2. The van der Waals surface area contributed by atoms with Crippen LogP contribution < -0.4 is 10.6 Å². The van der Waals surface area contributed by atoms with Gasteiger partial charge in [0.1, 0.15) is 6.04 Å². The third-order valence-corrected chi connectivity index (χ3v) is 3.77. The first-order chi connectivity index (χ1) is 10.9. The lowest BCUT2D eigenvalue weighted by Crippen LogP contribution is -2.49. The molecule has 0 fully saturated rings. The van der Waals surface area contributed by atoms with Gasteiger partial charge in [-0.15, -0.1) is 12.4 Å². The minimum Gasteiger partial charge on any atom is -0.343 e. The Labute approximate surface area is 151 Å². The summed E-state index contributed by atoms with van der Waals surface area (Å²) in [5, 5.41) is 5.94. The van der Waals surface area contributed by atoms with Gasteiger partial charge >= 0.3 is 0 Å². The van der Waals surface area contributed by atoms with Crippen molar-refractivity contribution in [1.29, 1.82) is 0 Å². The smallest absolute Gasteiger partial charge is 0.252 e. The lowest BCUT2D eigenvalue weighted by molar-refractivity contribution is -0.132. The molecule has 0 heterocycles. The molecule has 0 radical (unpaired) electrons. The predicted molar refractivity (Wildman–Crippen MR) is 101 cm³/mol. The number of aryl methyl sites for hydroxylation is 1. The van der Waals surface area contributed by atoms with E-state index in [2.05, 4.69) is 10.6 Å². The highest BCUT2D eigenvalue weighted by molar-refractivity contribution is 5.98. The molecule has 1 aromatic rings. The van der Waals surface area contributed by atoms with Crippen LogP contribution >= 0.6 is 12.4 Å². The van der Waals surface area contributed by atoms with E-state index < -0.39 is 6.04 Å². The van der Waals surface area contributed by atoms with E-state index >= 15 is 0 Å². The van der Waals surface area contributed by atoms with Crippen LogP contribution in [0, 0.1) is 12.8 Å². The first-order valence-corrected chi connectivity index (χ1v) is 8.12. The molecule has 6 heteroatoms. The molecular formula is C18H30ClN3O2. The van der Waals surface area contributed by atoms with Gasteiger partial charge in [0.2, 0.25) is 5.91 Å². The van der Waals surface area contributed by atoms with E-state index in [1.165, 1.54) is 0 Å². The van der Waals surface area contributed by atoms with Crippen LogP contribution in [0.3, 0.4) is 0 Å². The third kappa shape index (κ3) is 6.89. The second kappa shape index (κ2) is 11.0. The number of carbonyl (C=O) groups excluding carboxylic acids is 2. The molecule has 1 rings (SSSR count). The Balaban J connectivity index is 0.00000529. The van der Waals surface area contributed by atoms with Gasteiger partial charge in [0.25, 0.3) is 5.91 Å². The number of hydrogen-bond acceptors (Lipinski definition) is 3. The normalized spacial score (nSPS) is 11.6. The quantitative estimate of drug-likeness (QED) is 0.751. The summed E-state index contributed by atoms with van der Waals surface area (Å²) in [5.41, 5.74) is 1.52. The fraction of sp³-hybridized carbons (Fsp3) is 0.556. The van der Waals surface area contributed by atoms with Gasteiger partial charge in [-0.25, -0.2) is 0 Å². The lowest BCUT2D eigenvalue weighted by Gasteiger charge is -2.26. The summed E-state index contributed by atoms with van der Waals surface area (Å²) in [5.74, 6) is 0.0822. The number of nitrogens with zero attached hydrogens (tertiary/aromatic N) is 1. The summed E-state index contributed by atoms with van der Waals surface area (Å²) in [7, 11) is 3.62. The van der Waals surface area contributed by atoms with Crippen molar-refractivity contribution < 1.29 is 9.59 Å². The Morgan fingerprint density at radius 3 is 2.38 bits per heavy atom. The van der Waals surface area contributed by atoms with Crippen LogP contribution in [-0.4, -0.2) is 49.9 Å². The molecule has 136 valence electrons. The Morgan fingerprint density at radius 2 is 1.83 bits per heavy atom. The maximum Gasteiger partial charge on any atom is 0.252 e. The molecule has 0 spiro atoms. The van der Waals surface area contributed by atoms with Gasteiger partial charge in [-0.1, -0.05) is 32.0 Å². The average molecular weight is 356 g/mol. The van der Waals surface area contributed by atoms with Crippen molar-refractivity contribution in [2.45, 2.75) is 33.2 Å². The minimum atomic E-state index is -0.496. The molecule has 24 heavy (non-hydrogen) atoms. The summed E-state index contributed by atoms with van der Waals surface area (Å²) in [6, 6.07) is 6.91. The van der Waals surface area contributed by atoms with Gasteiger partial charge in [-0.05, 0) is 37.9 Å². The third-order valence-electron chi connectivity index (χ3n) is 3.77. The molecule has 0 aliphatic heterocycles. The van der Waals surface area contributed by atoms with Crippen molar-refractivity contribution in [3.8, 4) is 0 Å². The minimum absolute atomic E-state index is 0. The van der Waals surface area contributed by atoms with Crippen LogP contribution in [0.5, 0.6) is 0 Å². The van der Waals surface area contributed by atoms with Gasteiger partial charge in [0.05, 0.1) is 0 Å². The van der Waals surface area contributed by atoms with E-state index in [1.54, 1.807) is 18.0 Å². The number of halogens is 1. The average Bonchev–Trinajstić information content (AvgIpc) is 2.51. The molecule has 0 aliphatic carbocycles. The number of carbonyl (C=O) groups is 2. The Hall–Kier alpha value is -1.59. The molecule has 1 unspecified atom stereocenters. The van der Waals surface area contributed by atoms with Gasteiger partial charge in [0, 0.05) is 25.7 Å². The molecule has 5 nitrogen and oxygen atoms in total. The molecule has 0 bridgehead atoms. The summed E-state index contributed by atoms with van der Waals surface area (Å²) in [6.45, 7) is 7.33. The van der Waals surface area contributed by atoms with Crippen molar-refractivity contribution in [2.75, 3.05) is 27.2 Å². The van der Waals surface area contributed by atoms with Gasteiger partial charge in [-0.3, -0.25) is 9.59 Å². The Kier molecular flexibility index (Phi) is 10.3. The van der Waals surface area contributed by atoms with E-state index in [1.807, 2.05) is 46.0 Å². The second-order valence-corrected chi connectivity index (χ2v) is 6.33. The van der Waals surface area contributed by atoms with Crippen LogP contribution in [0.4, 0.5) is 0 Å². The predicted octanol–water partition coefficient (Wildman–Crippen LogP) is 2.24. The number of amides is 2. The Bertz CT molecular complexity index is 535. The van der Waals surface area contributed by atoms with Crippen molar-refractivity contribution in [3.05, 3.63) is 35.4 Å². The molecular weight excluding hydrogens is 326 g/mol. The van der Waals surface area contributed by atoms with Crippen LogP contribution in [-0.2, 0) is 4.79 Å². The largest absolute Gasteiger partial charge is 0.343 e.